The molecule has 1 amide bonds. The van der Waals surface area contributed by atoms with Gasteiger partial charge in [0.05, 0.1) is 6.61 Å². The van der Waals surface area contributed by atoms with Crippen molar-refractivity contribution >= 4 is 18.0 Å². The molecule has 0 unspecified atom stereocenters. The third kappa shape index (κ3) is 4.30. The van der Waals surface area contributed by atoms with E-state index in [4.69, 9.17) is 9.47 Å². The number of nitrogens with one attached hydrogen (secondary N) is 2. The number of hydrogen-bond donors (Lipinski definition) is 2. The first-order chi connectivity index (χ1) is 10.2. The van der Waals surface area contributed by atoms with Crippen molar-refractivity contribution in [2.75, 3.05) is 24.3 Å². The number of carbonyl (C=O) groups is 1. The molecule has 2 rings (SSSR count). The Kier molecular flexibility index (Phi) is 4.86. The zero-order valence-corrected chi connectivity index (χ0v) is 11.7. The first kappa shape index (κ1) is 14.5. The zero-order chi connectivity index (χ0) is 15.1. The maximum atomic E-state index is 11.8. The maximum Gasteiger partial charge on any atom is 0.419 e. The van der Waals surface area contributed by atoms with Crippen LogP contribution in [0.15, 0.2) is 30.3 Å². The smallest absolute Gasteiger partial charge is 0.419 e. The standard InChI is InChI=1S/C13H15N5O3/c1-3-20-12-16-10(14-2)15-11(17-12)18-13(19)21-9-7-5-4-6-8-9/h4-8H,3H2,1-2H3,(H2,14,15,16,17,18,19). The molecule has 0 radical (unpaired) electrons. The summed E-state index contributed by atoms with van der Waals surface area (Å²) in [5, 5.41) is 5.18. The minimum Gasteiger partial charge on any atom is -0.464 e. The van der Waals surface area contributed by atoms with E-state index in [1.54, 1.807) is 38.2 Å². The van der Waals surface area contributed by atoms with E-state index >= 15 is 0 Å². The quantitative estimate of drug-likeness (QED) is 0.867. The lowest BCUT2D eigenvalue weighted by Gasteiger charge is -2.08. The van der Waals surface area contributed by atoms with Gasteiger partial charge in [0.25, 0.3) is 0 Å². The second kappa shape index (κ2) is 7.04. The van der Waals surface area contributed by atoms with Crippen LogP contribution >= 0.6 is 0 Å². The van der Waals surface area contributed by atoms with E-state index in [2.05, 4.69) is 25.6 Å². The van der Waals surface area contributed by atoms with Crippen molar-refractivity contribution in [1.82, 2.24) is 15.0 Å². The van der Waals surface area contributed by atoms with Gasteiger partial charge in [0.1, 0.15) is 5.75 Å². The molecule has 2 aromatic rings. The van der Waals surface area contributed by atoms with Crippen molar-refractivity contribution in [3.8, 4) is 11.8 Å². The molecule has 8 heteroatoms. The van der Waals surface area contributed by atoms with Crippen molar-refractivity contribution in [2.24, 2.45) is 0 Å². The Hall–Kier alpha value is -2.90. The summed E-state index contributed by atoms with van der Waals surface area (Å²) >= 11 is 0. The van der Waals surface area contributed by atoms with Gasteiger partial charge in [-0.05, 0) is 19.1 Å². The van der Waals surface area contributed by atoms with E-state index in [0.29, 0.717) is 12.4 Å². The van der Waals surface area contributed by atoms with Gasteiger partial charge < -0.3 is 14.8 Å². The second-order valence-electron chi connectivity index (χ2n) is 3.78. The summed E-state index contributed by atoms with van der Waals surface area (Å²) < 4.78 is 10.3. The first-order valence-electron chi connectivity index (χ1n) is 6.31. The molecule has 0 aliphatic carbocycles. The van der Waals surface area contributed by atoms with E-state index in [1.165, 1.54) is 0 Å². The van der Waals surface area contributed by atoms with E-state index in [9.17, 15) is 4.79 Å². The number of rotatable bonds is 5. The molecule has 1 aromatic carbocycles. The second-order valence-corrected chi connectivity index (χ2v) is 3.78. The topological polar surface area (TPSA) is 98.3 Å². The highest BCUT2D eigenvalue weighted by molar-refractivity contribution is 5.84. The summed E-state index contributed by atoms with van der Waals surface area (Å²) in [5.74, 6) is 0.741. The van der Waals surface area contributed by atoms with Crippen LogP contribution in [0.5, 0.6) is 11.8 Å². The molecule has 1 aromatic heterocycles. The Balaban J connectivity index is 2.07. The third-order valence-electron chi connectivity index (χ3n) is 2.28. The monoisotopic (exact) mass is 289 g/mol. The lowest BCUT2D eigenvalue weighted by Crippen LogP contribution is -2.19. The van der Waals surface area contributed by atoms with Gasteiger partial charge in [0.15, 0.2) is 0 Å². The molecular weight excluding hydrogens is 274 g/mol. The summed E-state index contributed by atoms with van der Waals surface area (Å²) in [4.78, 5) is 23.7. The fourth-order valence-corrected chi connectivity index (χ4v) is 1.43. The highest BCUT2D eigenvalue weighted by Crippen LogP contribution is 2.12. The minimum atomic E-state index is -0.697. The van der Waals surface area contributed by atoms with Gasteiger partial charge >= 0.3 is 12.1 Å². The van der Waals surface area contributed by atoms with E-state index in [-0.39, 0.29) is 17.9 Å². The molecule has 21 heavy (non-hydrogen) atoms. The van der Waals surface area contributed by atoms with Crippen molar-refractivity contribution in [2.45, 2.75) is 6.92 Å². The number of hydrogen-bond acceptors (Lipinski definition) is 7. The minimum absolute atomic E-state index is 0.0405. The van der Waals surface area contributed by atoms with Crippen molar-refractivity contribution in [3.63, 3.8) is 0 Å². The Labute approximate surface area is 121 Å². The highest BCUT2D eigenvalue weighted by atomic mass is 16.6. The summed E-state index contributed by atoms with van der Waals surface area (Å²) in [7, 11) is 1.65. The van der Waals surface area contributed by atoms with Crippen LogP contribution in [0, 0.1) is 0 Å². The van der Waals surface area contributed by atoms with E-state index < -0.39 is 6.09 Å². The molecule has 0 bridgehead atoms. The number of amides is 1. The molecule has 2 N–H and O–H groups in total. The van der Waals surface area contributed by atoms with Crippen molar-refractivity contribution < 1.29 is 14.3 Å². The predicted molar refractivity (Wildman–Crippen MR) is 76.6 cm³/mol. The zero-order valence-electron chi connectivity index (χ0n) is 11.7. The Bertz CT molecular complexity index is 606. The van der Waals surface area contributed by atoms with Crippen LogP contribution in [-0.4, -0.2) is 34.7 Å². The van der Waals surface area contributed by atoms with Crippen LogP contribution in [0.2, 0.25) is 0 Å². The lowest BCUT2D eigenvalue weighted by atomic mass is 10.3. The summed E-state index contributed by atoms with van der Waals surface area (Å²) in [6.45, 7) is 2.21. The first-order valence-corrected chi connectivity index (χ1v) is 6.31. The average Bonchev–Trinajstić information content (AvgIpc) is 2.48. The normalized spacial score (nSPS) is 9.81. The SMILES string of the molecule is CCOc1nc(NC)nc(NC(=O)Oc2ccccc2)n1. The Morgan fingerprint density at radius 2 is 1.86 bits per heavy atom. The number of benzene rings is 1. The largest absolute Gasteiger partial charge is 0.464 e. The molecule has 0 aliphatic rings. The number of ether oxygens (including phenoxy) is 2. The molecule has 110 valence electrons. The molecule has 0 saturated carbocycles. The van der Waals surface area contributed by atoms with Crippen LogP contribution in [0.3, 0.4) is 0 Å². The number of carbonyl (C=O) groups excluding carboxylic acids is 1. The predicted octanol–water partition coefficient (Wildman–Crippen LogP) is 1.92. The summed E-state index contributed by atoms with van der Waals surface area (Å²) in [5.41, 5.74) is 0. The van der Waals surface area contributed by atoms with Crippen LogP contribution < -0.4 is 20.1 Å². The third-order valence-corrected chi connectivity index (χ3v) is 2.28. The fourth-order valence-electron chi connectivity index (χ4n) is 1.43. The van der Waals surface area contributed by atoms with Gasteiger partial charge in [-0.1, -0.05) is 18.2 Å². The van der Waals surface area contributed by atoms with E-state index in [1.807, 2.05) is 6.07 Å². The van der Waals surface area contributed by atoms with E-state index in [0.717, 1.165) is 0 Å². The fraction of sp³-hybridized carbons (Fsp3) is 0.231. The molecule has 0 saturated heterocycles. The maximum absolute atomic E-state index is 11.8. The molecule has 1 heterocycles. The molecule has 0 atom stereocenters. The highest BCUT2D eigenvalue weighted by Gasteiger charge is 2.11. The van der Waals surface area contributed by atoms with Gasteiger partial charge in [0.2, 0.25) is 11.9 Å². The number of anilines is 2. The number of para-hydroxylation sites is 1. The van der Waals surface area contributed by atoms with Crippen LogP contribution in [0.25, 0.3) is 0 Å². The summed E-state index contributed by atoms with van der Waals surface area (Å²) in [6.07, 6.45) is -0.697. The van der Waals surface area contributed by atoms with Gasteiger partial charge in [-0.15, -0.1) is 0 Å². The van der Waals surface area contributed by atoms with Gasteiger partial charge in [0, 0.05) is 7.05 Å². The molecule has 8 nitrogen and oxygen atoms in total. The Morgan fingerprint density at radius 1 is 1.14 bits per heavy atom. The lowest BCUT2D eigenvalue weighted by molar-refractivity contribution is 0.215. The average molecular weight is 289 g/mol. The van der Waals surface area contributed by atoms with Crippen molar-refractivity contribution in [3.05, 3.63) is 30.3 Å². The van der Waals surface area contributed by atoms with Crippen LogP contribution in [0.4, 0.5) is 16.7 Å². The van der Waals surface area contributed by atoms with Gasteiger partial charge in [-0.25, -0.2) is 4.79 Å². The Morgan fingerprint density at radius 3 is 2.52 bits per heavy atom. The summed E-state index contributed by atoms with van der Waals surface area (Å²) in [6, 6.07) is 8.79. The molecule has 0 aliphatic heterocycles. The van der Waals surface area contributed by atoms with Crippen LogP contribution in [-0.2, 0) is 0 Å². The van der Waals surface area contributed by atoms with Crippen LogP contribution in [0.1, 0.15) is 6.92 Å². The molecule has 0 fully saturated rings. The number of nitrogens with zero attached hydrogens (tertiary/aromatic N) is 3. The molecule has 0 spiro atoms. The van der Waals surface area contributed by atoms with Gasteiger partial charge in [-0.3, -0.25) is 5.32 Å². The number of aromatic nitrogens is 3. The van der Waals surface area contributed by atoms with Gasteiger partial charge in [-0.2, -0.15) is 15.0 Å². The molecular formula is C13H15N5O3. The van der Waals surface area contributed by atoms with Crippen molar-refractivity contribution in [1.29, 1.82) is 0 Å².